The van der Waals surface area contributed by atoms with Crippen molar-refractivity contribution >= 4 is 27.6 Å². The smallest absolute Gasteiger partial charge is 0.338 e. The van der Waals surface area contributed by atoms with Crippen molar-refractivity contribution in [2.75, 3.05) is 19.5 Å². The average molecular weight is 420 g/mol. The van der Waals surface area contributed by atoms with Gasteiger partial charge in [-0.3, -0.25) is 9.63 Å². The Bertz CT molecular complexity index is 973. The Morgan fingerprint density at radius 2 is 1.79 bits per heavy atom. The van der Waals surface area contributed by atoms with E-state index in [1.165, 1.54) is 45.3 Å². The Balaban J connectivity index is 2.07. The van der Waals surface area contributed by atoms with E-state index in [2.05, 4.69) is 5.32 Å². The van der Waals surface area contributed by atoms with E-state index in [-0.39, 0.29) is 10.5 Å². The molecule has 0 saturated carbocycles. The molecule has 1 amide bonds. The molecule has 2 aromatic rings. The standard InChI is InChI=1S/C20H24N2O6S/c1-5-15-9-11-17(12-10-15)21-19(23)14(2)28-20(24)16-7-6-8-18(13-16)29(25,26)22(3)27-4/h6-14H,5H2,1-4H3,(H,21,23)/t14-/m0/s1. The van der Waals surface area contributed by atoms with Gasteiger partial charge in [-0.1, -0.05) is 29.6 Å². The Kier molecular flexibility index (Phi) is 7.49. The lowest BCUT2D eigenvalue weighted by Gasteiger charge is -2.16. The maximum absolute atomic E-state index is 12.4. The number of anilines is 1. The van der Waals surface area contributed by atoms with E-state index in [1.807, 2.05) is 19.1 Å². The van der Waals surface area contributed by atoms with E-state index in [0.717, 1.165) is 12.0 Å². The quantitative estimate of drug-likeness (QED) is 0.520. The van der Waals surface area contributed by atoms with Crippen LogP contribution in [0.25, 0.3) is 0 Å². The van der Waals surface area contributed by atoms with Gasteiger partial charge in [0.1, 0.15) is 0 Å². The number of hydrogen-bond acceptors (Lipinski definition) is 6. The second kappa shape index (κ2) is 9.64. The predicted molar refractivity (Wildman–Crippen MR) is 108 cm³/mol. The summed E-state index contributed by atoms with van der Waals surface area (Å²) >= 11 is 0. The van der Waals surface area contributed by atoms with Gasteiger partial charge in [0.05, 0.1) is 17.6 Å². The highest BCUT2D eigenvalue weighted by atomic mass is 32.2. The minimum Gasteiger partial charge on any atom is -0.449 e. The zero-order valence-electron chi connectivity index (χ0n) is 16.7. The number of amides is 1. The molecule has 0 aliphatic rings. The molecule has 0 saturated heterocycles. The highest BCUT2D eigenvalue weighted by Gasteiger charge is 2.24. The Hall–Kier alpha value is -2.75. The van der Waals surface area contributed by atoms with Crippen molar-refractivity contribution in [3.8, 4) is 0 Å². The highest BCUT2D eigenvalue weighted by Crippen LogP contribution is 2.17. The van der Waals surface area contributed by atoms with E-state index in [4.69, 9.17) is 9.57 Å². The van der Waals surface area contributed by atoms with E-state index in [1.54, 1.807) is 12.1 Å². The second-order valence-corrected chi connectivity index (χ2v) is 8.15. The van der Waals surface area contributed by atoms with Crippen molar-refractivity contribution in [2.45, 2.75) is 31.3 Å². The summed E-state index contributed by atoms with van der Waals surface area (Å²) in [5.41, 5.74) is 1.73. The number of aryl methyl sites for hydroxylation is 1. The Morgan fingerprint density at radius 3 is 2.38 bits per heavy atom. The van der Waals surface area contributed by atoms with Gasteiger partial charge >= 0.3 is 5.97 Å². The minimum atomic E-state index is -3.91. The van der Waals surface area contributed by atoms with Crippen LogP contribution >= 0.6 is 0 Å². The fourth-order valence-corrected chi connectivity index (χ4v) is 3.40. The topological polar surface area (TPSA) is 102 Å². The lowest BCUT2D eigenvalue weighted by Crippen LogP contribution is -2.30. The molecule has 156 valence electrons. The van der Waals surface area contributed by atoms with Gasteiger partial charge in [0.2, 0.25) is 0 Å². The SMILES string of the molecule is CCc1ccc(NC(=O)[C@H](C)OC(=O)c2cccc(S(=O)(=O)N(C)OC)c2)cc1. The van der Waals surface area contributed by atoms with Crippen LogP contribution in [0, 0.1) is 0 Å². The molecule has 29 heavy (non-hydrogen) atoms. The van der Waals surface area contributed by atoms with Gasteiger partial charge in [0.25, 0.3) is 15.9 Å². The maximum Gasteiger partial charge on any atom is 0.338 e. The molecule has 0 aliphatic heterocycles. The summed E-state index contributed by atoms with van der Waals surface area (Å²) in [6, 6.07) is 12.6. The van der Waals surface area contributed by atoms with E-state index >= 15 is 0 Å². The molecular weight excluding hydrogens is 396 g/mol. The fourth-order valence-electron chi connectivity index (χ4n) is 2.38. The third-order valence-electron chi connectivity index (χ3n) is 4.25. The molecule has 1 N–H and O–H groups in total. The van der Waals surface area contributed by atoms with Crippen molar-refractivity contribution in [1.82, 2.24) is 4.47 Å². The molecular formula is C20H24N2O6S. The first-order valence-electron chi connectivity index (χ1n) is 8.93. The van der Waals surface area contributed by atoms with Crippen molar-refractivity contribution in [3.63, 3.8) is 0 Å². The second-order valence-electron chi connectivity index (χ2n) is 6.21. The van der Waals surface area contributed by atoms with Crippen molar-refractivity contribution in [3.05, 3.63) is 59.7 Å². The number of sulfonamides is 1. The summed E-state index contributed by atoms with van der Waals surface area (Å²) in [6.07, 6.45) is -0.188. The van der Waals surface area contributed by atoms with Crippen LogP contribution < -0.4 is 5.32 Å². The molecule has 0 aliphatic carbocycles. The summed E-state index contributed by atoms with van der Waals surface area (Å²) in [4.78, 5) is 29.2. The van der Waals surface area contributed by atoms with E-state index < -0.39 is 28.0 Å². The van der Waals surface area contributed by atoms with Crippen LogP contribution in [-0.4, -0.2) is 45.0 Å². The Labute approximate surface area is 170 Å². The first kappa shape index (κ1) is 22.5. The van der Waals surface area contributed by atoms with E-state index in [0.29, 0.717) is 10.2 Å². The average Bonchev–Trinajstić information content (AvgIpc) is 2.73. The van der Waals surface area contributed by atoms with Crippen LogP contribution in [0.5, 0.6) is 0 Å². The zero-order valence-corrected chi connectivity index (χ0v) is 17.5. The predicted octanol–water partition coefficient (Wildman–Crippen LogP) is 2.61. The first-order valence-corrected chi connectivity index (χ1v) is 10.4. The van der Waals surface area contributed by atoms with Crippen LogP contribution in [0.4, 0.5) is 5.69 Å². The zero-order chi connectivity index (χ0) is 21.6. The minimum absolute atomic E-state index is 0.00234. The van der Waals surface area contributed by atoms with Crippen LogP contribution in [0.1, 0.15) is 29.8 Å². The lowest BCUT2D eigenvalue weighted by atomic mass is 10.1. The van der Waals surface area contributed by atoms with Crippen molar-refractivity contribution in [2.24, 2.45) is 0 Å². The molecule has 0 spiro atoms. The van der Waals surface area contributed by atoms with Crippen molar-refractivity contribution in [1.29, 1.82) is 0 Å². The van der Waals surface area contributed by atoms with Gasteiger partial charge in [-0.25, -0.2) is 13.2 Å². The fraction of sp³-hybridized carbons (Fsp3) is 0.300. The first-order chi connectivity index (χ1) is 13.7. The number of benzene rings is 2. The third kappa shape index (κ3) is 5.63. The van der Waals surface area contributed by atoms with Crippen LogP contribution in [0.3, 0.4) is 0 Å². The van der Waals surface area contributed by atoms with Gasteiger partial charge in [-0.2, -0.15) is 0 Å². The molecule has 0 bridgehead atoms. The molecule has 0 fully saturated rings. The van der Waals surface area contributed by atoms with Crippen LogP contribution in [0.15, 0.2) is 53.4 Å². The number of hydroxylamine groups is 1. The number of carbonyl (C=O) groups is 2. The molecule has 0 heterocycles. The summed E-state index contributed by atoms with van der Waals surface area (Å²) in [6.45, 7) is 3.47. The Morgan fingerprint density at radius 1 is 1.14 bits per heavy atom. The molecule has 1 atom stereocenters. The monoisotopic (exact) mass is 420 g/mol. The van der Waals surface area contributed by atoms with Crippen LogP contribution in [0.2, 0.25) is 0 Å². The normalized spacial score (nSPS) is 12.4. The summed E-state index contributed by atoms with van der Waals surface area (Å²) in [5.74, 6) is -1.31. The van der Waals surface area contributed by atoms with Gasteiger partial charge < -0.3 is 10.1 Å². The highest BCUT2D eigenvalue weighted by molar-refractivity contribution is 7.89. The van der Waals surface area contributed by atoms with Gasteiger partial charge in [0, 0.05) is 12.7 Å². The molecule has 0 aromatic heterocycles. The number of esters is 1. The maximum atomic E-state index is 12.4. The van der Waals surface area contributed by atoms with Gasteiger partial charge in [0.15, 0.2) is 6.10 Å². The lowest BCUT2D eigenvalue weighted by molar-refractivity contribution is -0.123. The number of hydrogen-bond donors (Lipinski definition) is 1. The van der Waals surface area contributed by atoms with Crippen molar-refractivity contribution < 1.29 is 27.6 Å². The number of nitrogens with one attached hydrogen (secondary N) is 1. The molecule has 2 rings (SSSR count). The molecule has 9 heteroatoms. The largest absolute Gasteiger partial charge is 0.449 e. The molecule has 0 unspecified atom stereocenters. The molecule has 2 aromatic carbocycles. The summed E-state index contributed by atoms with van der Waals surface area (Å²) < 4.78 is 30.5. The third-order valence-corrected chi connectivity index (χ3v) is 5.92. The van der Waals surface area contributed by atoms with E-state index in [9.17, 15) is 18.0 Å². The number of carbonyl (C=O) groups excluding carboxylic acids is 2. The molecule has 0 radical (unpaired) electrons. The molecule has 8 nitrogen and oxygen atoms in total. The van der Waals surface area contributed by atoms with Gasteiger partial charge in [-0.15, -0.1) is 0 Å². The number of rotatable bonds is 8. The van der Waals surface area contributed by atoms with Crippen LogP contribution in [-0.2, 0) is 30.8 Å². The number of nitrogens with zero attached hydrogens (tertiary/aromatic N) is 1. The summed E-state index contributed by atoms with van der Waals surface area (Å²) in [7, 11) is -1.46. The summed E-state index contributed by atoms with van der Waals surface area (Å²) in [5, 5.41) is 2.67. The number of ether oxygens (including phenoxy) is 1. The van der Waals surface area contributed by atoms with Gasteiger partial charge in [-0.05, 0) is 49.2 Å².